The van der Waals surface area contributed by atoms with Crippen molar-refractivity contribution in [2.75, 3.05) is 7.11 Å². The topological polar surface area (TPSA) is 83.9 Å². The summed E-state index contributed by atoms with van der Waals surface area (Å²) < 4.78 is 47.1. The van der Waals surface area contributed by atoms with Gasteiger partial charge in [-0.15, -0.1) is 0 Å². The standard InChI is InChI=1S/C28H22Cl2FNO5S/c1-37-28(34)25-14-23(30)15-26(27(25)33)38(35,36)32(16-18-5-11-24(31)12-6-18)17-19-3-2-4-21(13-19)20-7-9-22(29)10-8-20/h2-15,33H,16-17H2,1H3. The fourth-order valence-corrected chi connectivity index (χ4v) is 5.85. The van der Waals surface area contributed by atoms with Crippen molar-refractivity contribution in [3.05, 3.63) is 117 Å². The zero-order chi connectivity index (χ0) is 27.4. The molecule has 0 spiro atoms. The van der Waals surface area contributed by atoms with Crippen molar-refractivity contribution < 1.29 is 27.4 Å². The number of esters is 1. The van der Waals surface area contributed by atoms with Gasteiger partial charge in [0.25, 0.3) is 0 Å². The molecule has 1 N–H and O–H groups in total. The van der Waals surface area contributed by atoms with E-state index in [1.54, 1.807) is 24.3 Å². The highest BCUT2D eigenvalue weighted by Crippen LogP contribution is 2.35. The van der Waals surface area contributed by atoms with Crippen molar-refractivity contribution >= 4 is 39.2 Å². The van der Waals surface area contributed by atoms with Gasteiger partial charge >= 0.3 is 5.97 Å². The molecule has 0 aliphatic carbocycles. The van der Waals surface area contributed by atoms with Gasteiger partial charge in [-0.25, -0.2) is 17.6 Å². The van der Waals surface area contributed by atoms with Crippen molar-refractivity contribution in [3.63, 3.8) is 0 Å². The summed E-state index contributed by atoms with van der Waals surface area (Å²) in [6, 6.07) is 22.1. The van der Waals surface area contributed by atoms with Crippen molar-refractivity contribution in [2.45, 2.75) is 18.0 Å². The van der Waals surface area contributed by atoms with Crippen LogP contribution in [-0.2, 0) is 27.8 Å². The predicted molar refractivity (Wildman–Crippen MR) is 144 cm³/mol. The molecule has 0 aliphatic heterocycles. The summed E-state index contributed by atoms with van der Waals surface area (Å²) in [4.78, 5) is 11.6. The molecule has 0 fully saturated rings. The van der Waals surface area contributed by atoms with Gasteiger partial charge in [0.2, 0.25) is 10.0 Å². The van der Waals surface area contributed by atoms with E-state index < -0.39 is 32.5 Å². The molecule has 38 heavy (non-hydrogen) atoms. The molecular weight excluding hydrogens is 552 g/mol. The van der Waals surface area contributed by atoms with Crippen LogP contribution in [0.3, 0.4) is 0 Å². The molecule has 10 heteroatoms. The van der Waals surface area contributed by atoms with E-state index in [2.05, 4.69) is 4.74 Å². The number of rotatable bonds is 8. The maximum atomic E-state index is 13.9. The van der Waals surface area contributed by atoms with Gasteiger partial charge in [-0.05, 0) is 64.7 Å². The van der Waals surface area contributed by atoms with Gasteiger partial charge in [0, 0.05) is 23.1 Å². The molecule has 196 valence electrons. The summed E-state index contributed by atoms with van der Waals surface area (Å²) in [5.41, 5.74) is 2.51. The van der Waals surface area contributed by atoms with Crippen LogP contribution in [0.4, 0.5) is 4.39 Å². The van der Waals surface area contributed by atoms with E-state index in [-0.39, 0.29) is 23.7 Å². The quantitative estimate of drug-likeness (QED) is 0.237. The molecule has 4 aromatic carbocycles. The molecule has 0 aromatic heterocycles. The van der Waals surface area contributed by atoms with E-state index in [9.17, 15) is 22.7 Å². The molecule has 4 aromatic rings. The molecule has 4 rings (SSSR count). The van der Waals surface area contributed by atoms with E-state index in [0.29, 0.717) is 16.1 Å². The lowest BCUT2D eigenvalue weighted by atomic mass is 10.0. The highest BCUT2D eigenvalue weighted by Gasteiger charge is 2.31. The smallest absolute Gasteiger partial charge is 0.341 e. The van der Waals surface area contributed by atoms with Crippen LogP contribution in [-0.4, -0.2) is 30.9 Å². The molecule has 6 nitrogen and oxygen atoms in total. The number of aromatic hydroxyl groups is 1. The number of phenolic OH excluding ortho intramolecular Hbond substituents is 1. The Morgan fingerprint density at radius 2 is 1.53 bits per heavy atom. The molecule has 0 saturated carbocycles. The lowest BCUT2D eigenvalue weighted by Gasteiger charge is -2.24. The van der Waals surface area contributed by atoms with E-state index in [1.165, 1.54) is 24.3 Å². The molecule has 0 radical (unpaired) electrons. The van der Waals surface area contributed by atoms with Crippen LogP contribution in [0.15, 0.2) is 89.8 Å². The first kappa shape index (κ1) is 27.6. The zero-order valence-electron chi connectivity index (χ0n) is 20.1. The van der Waals surface area contributed by atoms with Crippen molar-refractivity contribution in [2.24, 2.45) is 0 Å². The SMILES string of the molecule is COC(=O)c1cc(Cl)cc(S(=O)(=O)N(Cc2ccc(F)cc2)Cc2cccc(-c3ccc(Cl)cc3)c2)c1O. The summed E-state index contributed by atoms with van der Waals surface area (Å²) >= 11 is 12.1. The molecule has 0 saturated heterocycles. The van der Waals surface area contributed by atoms with Crippen molar-refractivity contribution in [1.82, 2.24) is 4.31 Å². The Balaban J connectivity index is 1.78. The molecular formula is C28H22Cl2FNO5S. The van der Waals surface area contributed by atoms with E-state index in [1.807, 2.05) is 24.3 Å². The van der Waals surface area contributed by atoms with Crippen molar-refractivity contribution in [3.8, 4) is 16.9 Å². The normalized spacial score (nSPS) is 11.5. The Morgan fingerprint density at radius 1 is 0.868 bits per heavy atom. The third-order valence-corrected chi connectivity index (χ3v) is 8.07. The highest BCUT2D eigenvalue weighted by atomic mass is 35.5. The second-order valence-electron chi connectivity index (χ2n) is 8.40. The van der Waals surface area contributed by atoms with Crippen LogP contribution in [0, 0.1) is 5.82 Å². The van der Waals surface area contributed by atoms with Crippen LogP contribution in [0.5, 0.6) is 5.75 Å². The number of ether oxygens (including phenoxy) is 1. The predicted octanol–water partition coefficient (Wildman–Crippen LogP) is 6.68. The Labute approximate surface area is 229 Å². The Morgan fingerprint density at radius 3 is 2.18 bits per heavy atom. The second-order valence-corrected chi connectivity index (χ2v) is 11.2. The number of phenols is 1. The summed E-state index contributed by atoms with van der Waals surface area (Å²) in [6.07, 6.45) is 0. The largest absolute Gasteiger partial charge is 0.506 e. The first-order valence-corrected chi connectivity index (χ1v) is 13.5. The van der Waals surface area contributed by atoms with Crippen molar-refractivity contribution in [1.29, 1.82) is 0 Å². The Bertz CT molecular complexity index is 1580. The number of nitrogens with zero attached hydrogens (tertiary/aromatic N) is 1. The average molecular weight is 574 g/mol. The van der Waals surface area contributed by atoms with Crippen LogP contribution >= 0.6 is 23.2 Å². The minimum absolute atomic E-state index is 0.0757. The van der Waals surface area contributed by atoms with Crippen LogP contribution in [0.2, 0.25) is 10.0 Å². The molecule has 0 unspecified atom stereocenters. The number of halogens is 3. The fourth-order valence-electron chi connectivity index (χ4n) is 3.89. The van der Waals surface area contributed by atoms with Crippen LogP contribution < -0.4 is 0 Å². The molecule has 0 bridgehead atoms. The maximum absolute atomic E-state index is 13.9. The second kappa shape index (κ2) is 11.5. The third kappa shape index (κ3) is 6.16. The van der Waals surface area contributed by atoms with Gasteiger partial charge in [0.05, 0.1) is 7.11 Å². The summed E-state index contributed by atoms with van der Waals surface area (Å²) in [5.74, 6) is -2.18. The zero-order valence-corrected chi connectivity index (χ0v) is 22.4. The van der Waals surface area contributed by atoms with Crippen LogP contribution in [0.25, 0.3) is 11.1 Å². The first-order chi connectivity index (χ1) is 18.1. The number of hydrogen-bond acceptors (Lipinski definition) is 5. The maximum Gasteiger partial charge on any atom is 0.341 e. The highest BCUT2D eigenvalue weighted by molar-refractivity contribution is 7.89. The number of sulfonamides is 1. The number of carbonyl (C=O) groups is 1. The fraction of sp³-hybridized carbons (Fsp3) is 0.107. The van der Waals surface area contributed by atoms with E-state index in [0.717, 1.165) is 34.7 Å². The summed E-state index contributed by atoms with van der Waals surface area (Å²) in [7, 11) is -3.33. The molecule has 0 amide bonds. The Kier molecular flexibility index (Phi) is 8.38. The third-order valence-electron chi connectivity index (χ3n) is 5.80. The number of benzene rings is 4. The van der Waals surface area contributed by atoms with Gasteiger partial charge < -0.3 is 9.84 Å². The lowest BCUT2D eigenvalue weighted by molar-refractivity contribution is 0.0597. The van der Waals surface area contributed by atoms with Gasteiger partial charge in [0.15, 0.2) is 0 Å². The minimum Gasteiger partial charge on any atom is -0.506 e. The average Bonchev–Trinajstić information content (AvgIpc) is 2.90. The van der Waals surface area contributed by atoms with E-state index in [4.69, 9.17) is 23.2 Å². The van der Waals surface area contributed by atoms with Gasteiger partial charge in [-0.3, -0.25) is 0 Å². The summed E-state index contributed by atoms with van der Waals surface area (Å²) in [5, 5.41) is 11.3. The lowest BCUT2D eigenvalue weighted by Crippen LogP contribution is -2.30. The molecule has 0 heterocycles. The number of hydrogen-bond donors (Lipinski definition) is 1. The monoisotopic (exact) mass is 573 g/mol. The van der Waals surface area contributed by atoms with Crippen LogP contribution in [0.1, 0.15) is 21.5 Å². The number of methoxy groups -OCH3 is 1. The number of carbonyl (C=O) groups excluding carboxylic acids is 1. The molecule has 0 aliphatic rings. The molecule has 0 atom stereocenters. The first-order valence-electron chi connectivity index (χ1n) is 11.3. The summed E-state index contributed by atoms with van der Waals surface area (Å²) in [6.45, 7) is -0.242. The van der Waals surface area contributed by atoms with Gasteiger partial charge in [-0.1, -0.05) is 65.7 Å². The minimum atomic E-state index is -4.43. The van der Waals surface area contributed by atoms with Gasteiger partial charge in [-0.2, -0.15) is 4.31 Å². The van der Waals surface area contributed by atoms with E-state index >= 15 is 0 Å². The van der Waals surface area contributed by atoms with Gasteiger partial charge in [0.1, 0.15) is 22.0 Å². The Hall–Kier alpha value is -3.43.